The molecule has 0 aliphatic carbocycles. The molecule has 4 aromatic rings. The fourth-order valence-corrected chi connectivity index (χ4v) is 3.24. The van der Waals surface area contributed by atoms with Crippen LogP contribution < -0.4 is 5.43 Å². The monoisotopic (exact) mass is 354 g/mol. The molecule has 0 amide bonds. The number of fused-ring (bicyclic) bond motifs is 1. The van der Waals surface area contributed by atoms with Gasteiger partial charge in [-0.1, -0.05) is 36.4 Å². The first kappa shape index (κ1) is 16.9. The summed E-state index contributed by atoms with van der Waals surface area (Å²) in [6.07, 6.45) is 5.01. The molecule has 4 rings (SSSR count). The minimum atomic E-state index is -0.0251. The van der Waals surface area contributed by atoms with E-state index >= 15 is 0 Å². The van der Waals surface area contributed by atoms with Crippen molar-refractivity contribution in [1.82, 2.24) is 9.55 Å². The van der Waals surface area contributed by atoms with E-state index in [0.717, 1.165) is 16.6 Å². The quantitative estimate of drug-likeness (QED) is 0.515. The molecule has 2 aromatic carbocycles. The van der Waals surface area contributed by atoms with E-state index in [1.54, 1.807) is 30.7 Å². The summed E-state index contributed by atoms with van der Waals surface area (Å²) >= 11 is 0. The number of hydrogen-bond donors (Lipinski definition) is 0. The fourth-order valence-electron chi connectivity index (χ4n) is 3.24. The lowest BCUT2D eigenvalue weighted by molar-refractivity contribution is 0.0973. The molecular weight excluding hydrogens is 336 g/mol. The van der Waals surface area contributed by atoms with Gasteiger partial charge in [0.05, 0.1) is 12.1 Å². The van der Waals surface area contributed by atoms with Gasteiger partial charge in [-0.05, 0) is 42.3 Å². The second kappa shape index (κ2) is 7.00. The molecule has 0 fully saturated rings. The van der Waals surface area contributed by atoms with Crippen LogP contribution in [0.2, 0.25) is 0 Å². The van der Waals surface area contributed by atoms with E-state index < -0.39 is 0 Å². The van der Waals surface area contributed by atoms with Crippen molar-refractivity contribution < 1.29 is 4.79 Å². The van der Waals surface area contributed by atoms with Crippen molar-refractivity contribution in [1.29, 1.82) is 0 Å². The molecule has 0 bridgehead atoms. The van der Waals surface area contributed by atoms with Gasteiger partial charge in [0.25, 0.3) is 0 Å². The molecule has 0 unspecified atom stereocenters. The summed E-state index contributed by atoms with van der Waals surface area (Å²) in [7, 11) is 0. The highest BCUT2D eigenvalue weighted by molar-refractivity contribution is 5.97. The van der Waals surface area contributed by atoms with Gasteiger partial charge in [-0.3, -0.25) is 14.6 Å². The molecule has 0 N–H and O–H groups in total. The second-order valence-electron chi connectivity index (χ2n) is 6.55. The van der Waals surface area contributed by atoms with Gasteiger partial charge in [-0.15, -0.1) is 0 Å². The number of hydrogen-bond acceptors (Lipinski definition) is 3. The Morgan fingerprint density at radius 3 is 2.48 bits per heavy atom. The number of rotatable bonds is 4. The lowest BCUT2D eigenvalue weighted by Gasteiger charge is -2.14. The van der Waals surface area contributed by atoms with E-state index in [1.165, 1.54) is 0 Å². The largest absolute Gasteiger partial charge is 0.339 e. The minimum Gasteiger partial charge on any atom is -0.339 e. The molecule has 0 radical (unpaired) electrons. The van der Waals surface area contributed by atoms with Crippen LogP contribution in [0.3, 0.4) is 0 Å². The molecule has 0 saturated heterocycles. The van der Waals surface area contributed by atoms with E-state index in [0.29, 0.717) is 16.5 Å². The van der Waals surface area contributed by atoms with Gasteiger partial charge in [-0.2, -0.15) is 0 Å². The zero-order chi connectivity index (χ0) is 18.8. The topological polar surface area (TPSA) is 52.0 Å². The minimum absolute atomic E-state index is 0.0242. The van der Waals surface area contributed by atoms with Crippen LogP contribution in [-0.4, -0.2) is 15.3 Å². The molecule has 4 heteroatoms. The summed E-state index contributed by atoms with van der Waals surface area (Å²) in [6.45, 7) is 2.13. The Hall–Kier alpha value is -3.53. The number of carbonyl (C=O) groups is 1. The number of Topliss-reactive ketones (excluding diaryl/α,β-unsaturated/α-hetero) is 1. The maximum absolute atomic E-state index is 13.0. The number of ketones is 1. The smallest absolute Gasteiger partial charge is 0.197 e. The third kappa shape index (κ3) is 3.29. The van der Waals surface area contributed by atoms with Gasteiger partial charge >= 0.3 is 0 Å². The first-order valence-corrected chi connectivity index (χ1v) is 8.76. The summed E-state index contributed by atoms with van der Waals surface area (Å²) < 4.78 is 1.87. The Labute approximate surface area is 156 Å². The average molecular weight is 354 g/mol. The van der Waals surface area contributed by atoms with E-state index in [-0.39, 0.29) is 17.8 Å². The van der Waals surface area contributed by atoms with Crippen LogP contribution in [0.5, 0.6) is 0 Å². The number of aromatic nitrogens is 2. The molecule has 0 spiro atoms. The summed E-state index contributed by atoms with van der Waals surface area (Å²) in [5.41, 5.74) is 3.82. The van der Waals surface area contributed by atoms with Gasteiger partial charge in [0.1, 0.15) is 0 Å². The number of carbonyl (C=O) groups excluding carboxylic acids is 1. The lowest BCUT2D eigenvalue weighted by Crippen LogP contribution is -2.16. The predicted octanol–water partition coefficient (Wildman–Crippen LogP) is 4.25. The Bertz CT molecular complexity index is 1180. The molecule has 132 valence electrons. The number of benzene rings is 2. The summed E-state index contributed by atoms with van der Waals surface area (Å²) in [5.74, 6) is -0.0251. The summed E-state index contributed by atoms with van der Waals surface area (Å²) in [6, 6.07) is 18.7. The zero-order valence-electron chi connectivity index (χ0n) is 14.9. The van der Waals surface area contributed by atoms with Gasteiger partial charge in [0, 0.05) is 35.1 Å². The van der Waals surface area contributed by atoms with Crippen LogP contribution in [0.1, 0.15) is 15.9 Å². The van der Waals surface area contributed by atoms with Crippen molar-refractivity contribution >= 4 is 16.7 Å². The van der Waals surface area contributed by atoms with E-state index in [4.69, 9.17) is 0 Å². The molecular formula is C23H18N2O2. The van der Waals surface area contributed by atoms with Crippen molar-refractivity contribution in [2.24, 2.45) is 0 Å². The van der Waals surface area contributed by atoms with Gasteiger partial charge in [-0.25, -0.2) is 0 Å². The van der Waals surface area contributed by atoms with Gasteiger partial charge in [0.15, 0.2) is 11.2 Å². The highest BCUT2D eigenvalue weighted by Gasteiger charge is 2.14. The molecule has 0 atom stereocenters. The van der Waals surface area contributed by atoms with Crippen molar-refractivity contribution in [3.05, 3.63) is 101 Å². The van der Waals surface area contributed by atoms with Crippen molar-refractivity contribution in [2.75, 3.05) is 0 Å². The number of nitrogens with zero attached hydrogens (tertiary/aromatic N) is 2. The third-order valence-electron chi connectivity index (χ3n) is 4.64. The summed E-state index contributed by atoms with van der Waals surface area (Å²) in [5, 5.41) is 0.615. The van der Waals surface area contributed by atoms with Crippen molar-refractivity contribution in [3.63, 3.8) is 0 Å². The summed E-state index contributed by atoms with van der Waals surface area (Å²) in [4.78, 5) is 29.8. The fraction of sp³-hybridized carbons (Fsp3) is 0.0870. The average Bonchev–Trinajstić information content (AvgIpc) is 2.71. The van der Waals surface area contributed by atoms with Crippen molar-refractivity contribution in [2.45, 2.75) is 13.5 Å². The van der Waals surface area contributed by atoms with E-state index in [9.17, 15) is 9.59 Å². The zero-order valence-corrected chi connectivity index (χ0v) is 14.9. The SMILES string of the molecule is Cc1ccc2c(=O)c(-c3ccccc3)cn(CC(=O)c3ccncc3)c2c1. The first-order chi connectivity index (χ1) is 13.1. The van der Waals surface area contributed by atoms with Crippen LogP contribution >= 0.6 is 0 Å². The Morgan fingerprint density at radius 2 is 1.74 bits per heavy atom. The molecule has 0 aliphatic rings. The van der Waals surface area contributed by atoms with Crippen LogP contribution in [0.4, 0.5) is 0 Å². The third-order valence-corrected chi connectivity index (χ3v) is 4.64. The van der Waals surface area contributed by atoms with Crippen LogP contribution in [-0.2, 0) is 6.54 Å². The molecule has 4 nitrogen and oxygen atoms in total. The van der Waals surface area contributed by atoms with Crippen LogP contribution in [0.25, 0.3) is 22.0 Å². The van der Waals surface area contributed by atoms with Crippen LogP contribution in [0, 0.1) is 6.92 Å². The highest BCUT2D eigenvalue weighted by atomic mass is 16.1. The molecule has 2 heterocycles. The van der Waals surface area contributed by atoms with E-state index in [1.807, 2.05) is 60.0 Å². The Balaban J connectivity index is 1.90. The molecule has 2 aromatic heterocycles. The van der Waals surface area contributed by atoms with Gasteiger partial charge in [0.2, 0.25) is 0 Å². The normalized spacial score (nSPS) is 10.9. The van der Waals surface area contributed by atoms with E-state index in [2.05, 4.69) is 4.98 Å². The Kier molecular flexibility index (Phi) is 4.38. The number of aryl methyl sites for hydroxylation is 1. The maximum Gasteiger partial charge on any atom is 0.197 e. The lowest BCUT2D eigenvalue weighted by atomic mass is 10.0. The molecule has 0 saturated carbocycles. The first-order valence-electron chi connectivity index (χ1n) is 8.76. The van der Waals surface area contributed by atoms with Crippen LogP contribution in [0.15, 0.2) is 84.0 Å². The Morgan fingerprint density at radius 1 is 1.00 bits per heavy atom. The molecule has 0 aliphatic heterocycles. The van der Waals surface area contributed by atoms with Gasteiger partial charge < -0.3 is 4.57 Å². The number of pyridine rings is 2. The highest BCUT2D eigenvalue weighted by Crippen LogP contribution is 2.21. The second-order valence-corrected chi connectivity index (χ2v) is 6.55. The maximum atomic E-state index is 13.0. The molecule has 27 heavy (non-hydrogen) atoms. The van der Waals surface area contributed by atoms with Crippen molar-refractivity contribution in [3.8, 4) is 11.1 Å². The predicted molar refractivity (Wildman–Crippen MR) is 107 cm³/mol. The standard InChI is InChI=1S/C23H18N2O2/c1-16-7-8-19-21(13-16)25(15-22(26)18-9-11-24-12-10-18)14-20(23(19)27)17-5-3-2-4-6-17/h2-14H,15H2,1H3.